The number of nitrogens with zero attached hydrogens (tertiary/aromatic N) is 1. The van der Waals surface area contributed by atoms with Gasteiger partial charge in [-0.1, -0.05) is 28.1 Å². The van der Waals surface area contributed by atoms with Crippen molar-refractivity contribution < 1.29 is 9.90 Å². The molecule has 1 rings (SSSR count). The van der Waals surface area contributed by atoms with E-state index >= 15 is 0 Å². The number of benzene rings is 1. The third-order valence-electron chi connectivity index (χ3n) is 3.48. The fourth-order valence-corrected chi connectivity index (χ4v) is 1.94. The molecule has 106 valence electrons. The molecule has 0 aromatic heterocycles. The summed E-state index contributed by atoms with van der Waals surface area (Å²) in [7, 11) is 1.97. The summed E-state index contributed by atoms with van der Waals surface area (Å²) in [5, 5.41) is 9.26. The van der Waals surface area contributed by atoms with Gasteiger partial charge < -0.3 is 5.11 Å². The Labute approximate surface area is 123 Å². The van der Waals surface area contributed by atoms with E-state index in [-0.39, 0.29) is 17.9 Å². The summed E-state index contributed by atoms with van der Waals surface area (Å²) < 4.78 is 0.980. The Morgan fingerprint density at radius 3 is 2.42 bits per heavy atom. The Morgan fingerprint density at radius 2 is 1.89 bits per heavy atom. The van der Waals surface area contributed by atoms with E-state index < -0.39 is 0 Å². The summed E-state index contributed by atoms with van der Waals surface area (Å²) in [6.07, 6.45) is 1.34. The molecule has 4 heteroatoms. The van der Waals surface area contributed by atoms with Gasteiger partial charge in [0.2, 0.25) is 0 Å². The van der Waals surface area contributed by atoms with Crippen LogP contribution in [0.1, 0.15) is 37.0 Å². The van der Waals surface area contributed by atoms with Gasteiger partial charge in [-0.3, -0.25) is 9.69 Å². The highest BCUT2D eigenvalue weighted by atomic mass is 79.9. The van der Waals surface area contributed by atoms with Gasteiger partial charge in [0.1, 0.15) is 0 Å². The summed E-state index contributed by atoms with van der Waals surface area (Å²) in [5.74, 6) is 0.169. The number of aliphatic hydroxyl groups is 1. The minimum absolute atomic E-state index is 0.115. The van der Waals surface area contributed by atoms with Gasteiger partial charge in [-0.2, -0.15) is 0 Å². The van der Waals surface area contributed by atoms with Crippen molar-refractivity contribution in [1.29, 1.82) is 0 Å². The second-order valence-electron chi connectivity index (χ2n) is 5.43. The van der Waals surface area contributed by atoms with Crippen molar-refractivity contribution >= 4 is 21.7 Å². The number of halogens is 1. The number of hydrogen-bond acceptors (Lipinski definition) is 3. The second kappa shape index (κ2) is 7.17. The highest BCUT2D eigenvalue weighted by molar-refractivity contribution is 9.10. The lowest BCUT2D eigenvalue weighted by atomic mass is 10.0. The van der Waals surface area contributed by atoms with Crippen LogP contribution in [0.4, 0.5) is 0 Å². The van der Waals surface area contributed by atoms with Crippen molar-refractivity contribution in [3.8, 4) is 0 Å². The van der Waals surface area contributed by atoms with Crippen LogP contribution in [0.5, 0.6) is 0 Å². The molecule has 0 fully saturated rings. The van der Waals surface area contributed by atoms with Crippen LogP contribution in [-0.4, -0.2) is 41.5 Å². The number of hydrogen-bond donors (Lipinski definition) is 1. The number of carbonyl (C=O) groups excluding carboxylic acids is 1. The smallest absolute Gasteiger partial charge is 0.162 e. The highest BCUT2D eigenvalue weighted by Crippen LogP contribution is 2.14. The molecule has 3 nitrogen and oxygen atoms in total. The standard InChI is InChI=1S/C15H22BrNO2/c1-15(2,11-18)17(3)10-4-5-14(19)12-6-8-13(16)9-7-12/h6-9,18H,4-5,10-11H2,1-3H3. The van der Waals surface area contributed by atoms with E-state index in [1.807, 2.05) is 45.2 Å². The highest BCUT2D eigenvalue weighted by Gasteiger charge is 2.21. The molecule has 0 heterocycles. The van der Waals surface area contributed by atoms with Crippen LogP contribution in [-0.2, 0) is 0 Å². The van der Waals surface area contributed by atoms with Crippen LogP contribution in [0.25, 0.3) is 0 Å². The number of carbonyl (C=O) groups is 1. The first-order valence-electron chi connectivity index (χ1n) is 6.47. The van der Waals surface area contributed by atoms with Gasteiger partial charge in [0, 0.05) is 22.0 Å². The predicted octanol–water partition coefficient (Wildman–Crippen LogP) is 3.11. The number of rotatable bonds is 7. The van der Waals surface area contributed by atoms with E-state index in [0.717, 1.165) is 23.0 Å². The van der Waals surface area contributed by atoms with Crippen LogP contribution in [0.2, 0.25) is 0 Å². The van der Waals surface area contributed by atoms with Crippen LogP contribution in [0.3, 0.4) is 0 Å². The van der Waals surface area contributed by atoms with Crippen molar-refractivity contribution in [3.05, 3.63) is 34.3 Å². The van der Waals surface area contributed by atoms with Crippen molar-refractivity contribution in [3.63, 3.8) is 0 Å². The lowest BCUT2D eigenvalue weighted by molar-refractivity contribution is 0.0759. The van der Waals surface area contributed by atoms with Crippen LogP contribution >= 0.6 is 15.9 Å². The summed E-state index contributed by atoms with van der Waals surface area (Å²) in [5.41, 5.74) is 0.521. The zero-order valence-electron chi connectivity index (χ0n) is 11.8. The largest absolute Gasteiger partial charge is 0.394 e. The van der Waals surface area contributed by atoms with Gasteiger partial charge in [0.25, 0.3) is 0 Å². The van der Waals surface area contributed by atoms with E-state index in [0.29, 0.717) is 6.42 Å². The maximum atomic E-state index is 12.0. The molecule has 0 bridgehead atoms. The van der Waals surface area contributed by atoms with Crippen molar-refractivity contribution in [2.45, 2.75) is 32.2 Å². The predicted molar refractivity (Wildman–Crippen MR) is 81.5 cm³/mol. The van der Waals surface area contributed by atoms with Crippen LogP contribution < -0.4 is 0 Å². The van der Waals surface area contributed by atoms with E-state index in [1.54, 1.807) is 0 Å². The molecule has 0 saturated carbocycles. The number of aliphatic hydroxyl groups excluding tert-OH is 1. The fourth-order valence-electron chi connectivity index (χ4n) is 1.68. The van der Waals surface area contributed by atoms with Crippen molar-refractivity contribution in [2.24, 2.45) is 0 Å². The SMILES string of the molecule is CN(CCCC(=O)c1ccc(Br)cc1)C(C)(C)CO. The first kappa shape index (κ1) is 16.3. The van der Waals surface area contributed by atoms with Gasteiger partial charge in [-0.15, -0.1) is 0 Å². The molecule has 0 aliphatic heterocycles. The number of Topliss-reactive ketones (excluding diaryl/α,β-unsaturated/α-hetero) is 1. The summed E-state index contributed by atoms with van der Waals surface area (Å²) >= 11 is 3.35. The van der Waals surface area contributed by atoms with E-state index in [2.05, 4.69) is 20.8 Å². The minimum Gasteiger partial charge on any atom is -0.394 e. The van der Waals surface area contributed by atoms with E-state index in [1.165, 1.54) is 0 Å². The summed E-state index contributed by atoms with van der Waals surface area (Å²) in [4.78, 5) is 14.1. The molecule has 1 N–H and O–H groups in total. The van der Waals surface area contributed by atoms with E-state index in [4.69, 9.17) is 0 Å². The molecular formula is C15H22BrNO2. The molecular weight excluding hydrogens is 306 g/mol. The molecule has 19 heavy (non-hydrogen) atoms. The zero-order valence-corrected chi connectivity index (χ0v) is 13.4. The van der Waals surface area contributed by atoms with Crippen molar-refractivity contribution in [1.82, 2.24) is 4.90 Å². The quantitative estimate of drug-likeness (QED) is 0.782. The minimum atomic E-state index is -0.235. The lowest BCUT2D eigenvalue weighted by Gasteiger charge is -2.33. The molecule has 0 aliphatic carbocycles. The Kier molecular flexibility index (Phi) is 6.17. The summed E-state index contributed by atoms with van der Waals surface area (Å²) in [6.45, 7) is 4.90. The molecule has 0 unspecified atom stereocenters. The molecule has 0 spiro atoms. The van der Waals surface area contributed by atoms with E-state index in [9.17, 15) is 9.90 Å². The average molecular weight is 328 g/mol. The monoisotopic (exact) mass is 327 g/mol. The topological polar surface area (TPSA) is 40.5 Å². The molecule has 0 aliphatic rings. The molecule has 1 aromatic carbocycles. The molecule has 0 saturated heterocycles. The van der Waals surface area contributed by atoms with Gasteiger partial charge in [-0.25, -0.2) is 0 Å². The molecule has 0 amide bonds. The molecule has 0 atom stereocenters. The van der Waals surface area contributed by atoms with Crippen molar-refractivity contribution in [2.75, 3.05) is 20.2 Å². The fraction of sp³-hybridized carbons (Fsp3) is 0.533. The van der Waals surface area contributed by atoms with Crippen LogP contribution in [0, 0.1) is 0 Å². The Bertz CT molecular complexity index is 415. The number of likely N-dealkylation sites (N-methyl/N-ethyl adjacent to an activating group) is 1. The zero-order chi connectivity index (χ0) is 14.5. The van der Waals surface area contributed by atoms with Crippen LogP contribution in [0.15, 0.2) is 28.7 Å². The third kappa shape index (κ3) is 5.05. The maximum Gasteiger partial charge on any atom is 0.162 e. The third-order valence-corrected chi connectivity index (χ3v) is 4.01. The Morgan fingerprint density at radius 1 is 1.32 bits per heavy atom. The number of ketones is 1. The maximum absolute atomic E-state index is 12.0. The van der Waals surface area contributed by atoms with Gasteiger partial charge in [0.15, 0.2) is 5.78 Å². The first-order valence-corrected chi connectivity index (χ1v) is 7.27. The normalized spacial score (nSPS) is 11.9. The Balaban J connectivity index is 2.41. The first-order chi connectivity index (χ1) is 8.86. The van der Waals surface area contributed by atoms with Gasteiger partial charge >= 0.3 is 0 Å². The van der Waals surface area contributed by atoms with Gasteiger partial charge in [0.05, 0.1) is 6.61 Å². The molecule has 0 radical (unpaired) electrons. The molecule has 1 aromatic rings. The Hall–Kier alpha value is -0.710. The lowest BCUT2D eigenvalue weighted by Crippen LogP contribution is -2.44. The average Bonchev–Trinajstić information content (AvgIpc) is 2.39. The summed E-state index contributed by atoms with van der Waals surface area (Å²) in [6, 6.07) is 7.45. The van der Waals surface area contributed by atoms with Gasteiger partial charge in [-0.05, 0) is 46.0 Å². The second-order valence-corrected chi connectivity index (χ2v) is 6.34.